The Balaban J connectivity index is 1.55. The Morgan fingerprint density at radius 3 is 2.82 bits per heavy atom. The van der Waals surface area contributed by atoms with E-state index in [0.29, 0.717) is 23.1 Å². The number of benzene rings is 1. The van der Waals surface area contributed by atoms with Crippen LogP contribution in [0.3, 0.4) is 0 Å². The summed E-state index contributed by atoms with van der Waals surface area (Å²) in [6, 6.07) is 9.37. The molecule has 3 fully saturated rings. The highest BCUT2D eigenvalue weighted by Crippen LogP contribution is 2.27. The van der Waals surface area contributed by atoms with Gasteiger partial charge in [0.1, 0.15) is 6.04 Å². The van der Waals surface area contributed by atoms with Gasteiger partial charge >= 0.3 is 0 Å². The summed E-state index contributed by atoms with van der Waals surface area (Å²) in [6.45, 7) is 7.05. The van der Waals surface area contributed by atoms with E-state index in [1.165, 1.54) is 19.4 Å². The first-order chi connectivity index (χ1) is 10.7. The quantitative estimate of drug-likeness (QED) is 0.806. The number of amides is 1. The first kappa shape index (κ1) is 14.8. The number of nitriles is 1. The highest BCUT2D eigenvalue weighted by Gasteiger charge is 2.42. The summed E-state index contributed by atoms with van der Waals surface area (Å²) < 4.78 is 0. The molecule has 1 aromatic rings. The lowest BCUT2D eigenvalue weighted by molar-refractivity contribution is -0.944. The number of rotatable bonds is 4. The van der Waals surface area contributed by atoms with E-state index in [1.807, 2.05) is 0 Å². The molecular formula is C18H22N3O+. The van der Waals surface area contributed by atoms with Gasteiger partial charge < -0.3 is 10.2 Å². The number of carbonyl (C=O) groups is 1. The van der Waals surface area contributed by atoms with Crippen molar-refractivity contribution in [1.82, 2.24) is 5.32 Å². The van der Waals surface area contributed by atoms with Gasteiger partial charge in [-0.05, 0) is 30.2 Å². The molecular weight excluding hydrogens is 274 g/mol. The molecule has 114 valence electrons. The number of quaternary nitrogens is 1. The Labute approximate surface area is 131 Å². The van der Waals surface area contributed by atoms with Crippen molar-refractivity contribution in [3.63, 3.8) is 0 Å². The van der Waals surface area contributed by atoms with E-state index in [-0.39, 0.29) is 5.91 Å². The largest absolute Gasteiger partial charge is 0.346 e. The van der Waals surface area contributed by atoms with Gasteiger partial charge in [0.05, 0.1) is 31.3 Å². The van der Waals surface area contributed by atoms with Crippen LogP contribution >= 0.6 is 0 Å². The molecule has 0 aromatic heterocycles. The van der Waals surface area contributed by atoms with Crippen LogP contribution in [0, 0.1) is 23.2 Å². The van der Waals surface area contributed by atoms with Gasteiger partial charge in [-0.25, -0.2) is 0 Å². The van der Waals surface area contributed by atoms with E-state index < -0.39 is 0 Å². The molecule has 3 aliphatic heterocycles. The van der Waals surface area contributed by atoms with Crippen molar-refractivity contribution in [2.75, 3.05) is 19.6 Å². The molecule has 0 saturated carbocycles. The summed E-state index contributed by atoms with van der Waals surface area (Å²) in [5, 5.41) is 11.8. The minimum atomic E-state index is -0.0493. The number of hydrogen-bond acceptors (Lipinski definition) is 2. The van der Waals surface area contributed by atoms with Gasteiger partial charge in [0, 0.05) is 24.3 Å². The third kappa shape index (κ3) is 2.90. The molecule has 4 atom stereocenters. The van der Waals surface area contributed by atoms with Gasteiger partial charge in [-0.15, -0.1) is 6.58 Å². The Kier molecular flexibility index (Phi) is 4.26. The lowest BCUT2D eigenvalue weighted by atomic mass is 9.75. The van der Waals surface area contributed by atoms with E-state index in [9.17, 15) is 4.79 Å². The molecule has 4 nitrogen and oxygen atoms in total. The zero-order valence-corrected chi connectivity index (χ0v) is 12.7. The van der Waals surface area contributed by atoms with Crippen LogP contribution in [0.1, 0.15) is 28.8 Å². The minimum absolute atomic E-state index is 0.0493. The molecule has 3 saturated heterocycles. The fraction of sp³-hybridized carbons (Fsp3) is 0.444. The van der Waals surface area contributed by atoms with E-state index in [2.05, 4.69) is 24.0 Å². The zero-order chi connectivity index (χ0) is 15.5. The molecule has 2 bridgehead atoms. The zero-order valence-electron chi connectivity index (χ0n) is 12.7. The molecule has 0 radical (unpaired) electrons. The van der Waals surface area contributed by atoms with Crippen LogP contribution in [0.4, 0.5) is 0 Å². The van der Waals surface area contributed by atoms with Crippen molar-refractivity contribution < 1.29 is 9.69 Å². The number of nitrogens with one attached hydrogen (secondary N) is 2. The predicted molar refractivity (Wildman–Crippen MR) is 84.4 cm³/mol. The summed E-state index contributed by atoms with van der Waals surface area (Å²) in [5.41, 5.74) is 1.20. The van der Waals surface area contributed by atoms with Crippen LogP contribution in [0.5, 0.6) is 0 Å². The fourth-order valence-corrected chi connectivity index (χ4v) is 3.87. The molecule has 3 aliphatic rings. The second-order valence-corrected chi connectivity index (χ2v) is 6.39. The molecule has 1 amide bonds. The smallest absolute Gasteiger partial charge is 0.251 e. The average Bonchev–Trinajstić information content (AvgIpc) is 2.60. The Morgan fingerprint density at radius 1 is 1.45 bits per heavy atom. The van der Waals surface area contributed by atoms with Gasteiger partial charge in [0.25, 0.3) is 5.91 Å². The summed E-state index contributed by atoms with van der Waals surface area (Å²) in [4.78, 5) is 13.8. The highest BCUT2D eigenvalue weighted by molar-refractivity contribution is 5.94. The lowest BCUT2D eigenvalue weighted by Gasteiger charge is -2.46. The van der Waals surface area contributed by atoms with Crippen LogP contribution in [0.25, 0.3) is 0 Å². The maximum Gasteiger partial charge on any atom is 0.251 e. The molecule has 22 heavy (non-hydrogen) atoms. The van der Waals surface area contributed by atoms with Gasteiger partial charge in [-0.1, -0.05) is 6.08 Å². The Bertz CT molecular complexity index is 602. The maximum absolute atomic E-state index is 12.2. The van der Waals surface area contributed by atoms with E-state index >= 15 is 0 Å². The first-order valence-electron chi connectivity index (χ1n) is 7.96. The molecule has 1 aromatic carbocycles. The van der Waals surface area contributed by atoms with E-state index in [0.717, 1.165) is 19.0 Å². The number of nitrogens with zero attached hydrogens (tertiary/aromatic N) is 1. The third-order valence-electron chi connectivity index (χ3n) is 5.19. The minimum Gasteiger partial charge on any atom is -0.346 e. The number of carbonyl (C=O) groups excluding carboxylic acids is 1. The van der Waals surface area contributed by atoms with Crippen molar-refractivity contribution in [2.45, 2.75) is 18.9 Å². The first-order valence-corrected chi connectivity index (χ1v) is 7.96. The van der Waals surface area contributed by atoms with Gasteiger partial charge in [-0.2, -0.15) is 5.26 Å². The maximum atomic E-state index is 12.2. The normalized spacial score (nSPS) is 29.6. The van der Waals surface area contributed by atoms with Gasteiger partial charge in [0.15, 0.2) is 0 Å². The standard InChI is InChI=1S/C18H21N3O/c1-2-14-12-21-8-7-16(14)9-17(21)11-20-18(22)15-5-3-13(10-19)4-6-15/h2-6,14,16-17H,1,7-9,11-12H2,(H,20,22)/p+1/t14-,16-,17+/m0/s1. The third-order valence-corrected chi connectivity index (χ3v) is 5.19. The SMILES string of the molecule is C=C[C@H]1C[NH+]2CC[C@H]1C[C@@H]2CNC(=O)c1ccc(C#N)cc1. The predicted octanol–water partition coefficient (Wildman–Crippen LogP) is 0.767. The van der Waals surface area contributed by atoms with Gasteiger partial charge in [-0.3, -0.25) is 4.79 Å². The number of piperidine rings is 3. The summed E-state index contributed by atoms with van der Waals surface area (Å²) in [7, 11) is 0. The van der Waals surface area contributed by atoms with Crippen LogP contribution < -0.4 is 10.2 Å². The number of hydrogen-bond donors (Lipinski definition) is 2. The van der Waals surface area contributed by atoms with Crippen LogP contribution in [-0.2, 0) is 0 Å². The van der Waals surface area contributed by atoms with Crippen molar-refractivity contribution >= 4 is 5.91 Å². The van der Waals surface area contributed by atoms with Crippen molar-refractivity contribution in [3.05, 3.63) is 48.0 Å². The lowest BCUT2D eigenvalue weighted by Crippen LogP contribution is -3.20. The summed E-state index contributed by atoms with van der Waals surface area (Å²) >= 11 is 0. The second-order valence-electron chi connectivity index (χ2n) is 6.39. The molecule has 0 aliphatic carbocycles. The van der Waals surface area contributed by atoms with Gasteiger partial charge in [0.2, 0.25) is 0 Å². The summed E-state index contributed by atoms with van der Waals surface area (Å²) in [5.74, 6) is 1.34. The Hall–Kier alpha value is -2.12. The molecule has 4 heteroatoms. The topological polar surface area (TPSA) is 57.3 Å². The van der Waals surface area contributed by atoms with Crippen LogP contribution in [0.2, 0.25) is 0 Å². The molecule has 4 rings (SSSR count). The molecule has 2 N–H and O–H groups in total. The van der Waals surface area contributed by atoms with Crippen LogP contribution in [-0.4, -0.2) is 31.6 Å². The van der Waals surface area contributed by atoms with Crippen molar-refractivity contribution in [1.29, 1.82) is 5.26 Å². The molecule has 1 unspecified atom stereocenters. The Morgan fingerprint density at radius 2 is 2.23 bits per heavy atom. The van der Waals surface area contributed by atoms with E-state index in [4.69, 9.17) is 5.26 Å². The second kappa shape index (κ2) is 6.33. The van der Waals surface area contributed by atoms with Crippen molar-refractivity contribution in [2.24, 2.45) is 11.8 Å². The summed E-state index contributed by atoms with van der Waals surface area (Å²) in [6.07, 6.45) is 4.57. The monoisotopic (exact) mass is 296 g/mol. The average molecular weight is 296 g/mol. The number of fused-ring (bicyclic) bond motifs is 3. The molecule has 3 heterocycles. The van der Waals surface area contributed by atoms with E-state index in [1.54, 1.807) is 29.2 Å². The van der Waals surface area contributed by atoms with Crippen molar-refractivity contribution in [3.8, 4) is 6.07 Å². The highest BCUT2D eigenvalue weighted by atomic mass is 16.1. The fourth-order valence-electron chi connectivity index (χ4n) is 3.87. The van der Waals surface area contributed by atoms with Crippen LogP contribution in [0.15, 0.2) is 36.9 Å². The molecule has 0 spiro atoms.